The van der Waals surface area contributed by atoms with E-state index >= 15 is 0 Å². The van der Waals surface area contributed by atoms with Crippen molar-refractivity contribution in [1.29, 1.82) is 0 Å². The molecule has 5 nitrogen and oxygen atoms in total. The fraction of sp³-hybridized carbons (Fsp3) is 0.632. The molecule has 0 N–H and O–H groups in total. The largest absolute Gasteiger partial charge is 0.497 e. The van der Waals surface area contributed by atoms with E-state index in [-0.39, 0.29) is 5.91 Å². The van der Waals surface area contributed by atoms with E-state index in [1.165, 1.54) is 18.4 Å². The standard InChI is InChI=1S/C19H29N3O2/c1-20(2)19(23)14-22-12-16-4-7-17(22)13-21(11-16)10-15-5-8-18(24-3)9-6-15/h5-6,8-9,16-17H,4,7,10-14H2,1-3H3/t16-,17+/m0/s1. The Hall–Kier alpha value is -1.59. The summed E-state index contributed by atoms with van der Waals surface area (Å²) in [5.41, 5.74) is 1.33. The summed E-state index contributed by atoms with van der Waals surface area (Å²) in [5.74, 6) is 1.80. The molecule has 3 fully saturated rings. The van der Waals surface area contributed by atoms with E-state index in [4.69, 9.17) is 4.74 Å². The van der Waals surface area contributed by atoms with Crippen molar-refractivity contribution in [2.24, 2.45) is 5.92 Å². The van der Waals surface area contributed by atoms with Crippen molar-refractivity contribution < 1.29 is 9.53 Å². The minimum atomic E-state index is 0.212. The quantitative estimate of drug-likeness (QED) is 0.822. The molecule has 1 amide bonds. The SMILES string of the molecule is COc1ccc(CN2C[C@@H]3CC[C@H](C2)N(CC(=O)N(C)C)C3)cc1. The monoisotopic (exact) mass is 331 g/mol. The molecule has 3 aliphatic rings. The minimum Gasteiger partial charge on any atom is -0.497 e. The number of hydrogen-bond acceptors (Lipinski definition) is 4. The summed E-state index contributed by atoms with van der Waals surface area (Å²) in [4.78, 5) is 18.8. The number of hydrogen-bond donors (Lipinski definition) is 0. The molecule has 1 aromatic rings. The lowest BCUT2D eigenvalue weighted by molar-refractivity contribution is -0.130. The van der Waals surface area contributed by atoms with Gasteiger partial charge in [-0.3, -0.25) is 14.6 Å². The number of likely N-dealkylation sites (N-methyl/N-ethyl adjacent to an activating group) is 1. The molecule has 2 bridgehead atoms. The van der Waals surface area contributed by atoms with E-state index in [0.29, 0.717) is 18.5 Å². The molecule has 24 heavy (non-hydrogen) atoms. The Morgan fingerprint density at radius 2 is 1.92 bits per heavy atom. The van der Waals surface area contributed by atoms with Gasteiger partial charge in [-0.25, -0.2) is 0 Å². The zero-order valence-corrected chi connectivity index (χ0v) is 15.1. The van der Waals surface area contributed by atoms with Gasteiger partial charge in [0.1, 0.15) is 5.75 Å². The minimum absolute atomic E-state index is 0.212. The molecule has 4 rings (SSSR count). The van der Waals surface area contributed by atoms with Crippen LogP contribution >= 0.6 is 0 Å². The lowest BCUT2D eigenvalue weighted by atomic mass is 9.95. The average molecular weight is 331 g/mol. The predicted molar refractivity (Wildman–Crippen MR) is 95.1 cm³/mol. The number of methoxy groups -OCH3 is 1. The molecule has 1 aromatic carbocycles. The lowest BCUT2D eigenvalue weighted by Gasteiger charge is -2.36. The molecular formula is C19H29N3O2. The van der Waals surface area contributed by atoms with Crippen LogP contribution in [0.15, 0.2) is 24.3 Å². The van der Waals surface area contributed by atoms with Crippen LogP contribution in [0.25, 0.3) is 0 Å². The number of ether oxygens (including phenoxy) is 1. The first-order valence-corrected chi connectivity index (χ1v) is 8.84. The van der Waals surface area contributed by atoms with Crippen LogP contribution < -0.4 is 4.74 Å². The maximum atomic E-state index is 12.1. The molecule has 0 spiro atoms. The third kappa shape index (κ3) is 4.08. The Morgan fingerprint density at radius 3 is 2.58 bits per heavy atom. The van der Waals surface area contributed by atoms with Gasteiger partial charge in [0, 0.05) is 46.3 Å². The van der Waals surface area contributed by atoms with Crippen LogP contribution in [0.1, 0.15) is 18.4 Å². The topological polar surface area (TPSA) is 36.0 Å². The zero-order chi connectivity index (χ0) is 17.1. The molecule has 5 heteroatoms. The lowest BCUT2D eigenvalue weighted by Crippen LogP contribution is -2.48. The van der Waals surface area contributed by atoms with Crippen molar-refractivity contribution in [2.45, 2.75) is 25.4 Å². The molecule has 0 aliphatic carbocycles. The van der Waals surface area contributed by atoms with Gasteiger partial charge in [-0.1, -0.05) is 12.1 Å². The third-order valence-electron chi connectivity index (χ3n) is 5.30. The van der Waals surface area contributed by atoms with Gasteiger partial charge < -0.3 is 9.64 Å². The smallest absolute Gasteiger partial charge is 0.236 e. The van der Waals surface area contributed by atoms with Crippen molar-refractivity contribution in [2.75, 3.05) is 47.4 Å². The summed E-state index contributed by atoms with van der Waals surface area (Å²) in [6, 6.07) is 8.87. The Morgan fingerprint density at radius 1 is 1.17 bits per heavy atom. The van der Waals surface area contributed by atoms with Crippen LogP contribution in [0.4, 0.5) is 0 Å². The number of benzene rings is 1. The van der Waals surface area contributed by atoms with Crippen molar-refractivity contribution in [1.82, 2.24) is 14.7 Å². The fourth-order valence-corrected chi connectivity index (χ4v) is 3.90. The number of nitrogens with zero attached hydrogens (tertiary/aromatic N) is 3. The first-order chi connectivity index (χ1) is 11.5. The van der Waals surface area contributed by atoms with Gasteiger partial charge in [0.15, 0.2) is 0 Å². The van der Waals surface area contributed by atoms with Crippen molar-refractivity contribution >= 4 is 5.91 Å². The number of piperidine rings is 1. The van der Waals surface area contributed by atoms with Gasteiger partial charge in [-0.15, -0.1) is 0 Å². The van der Waals surface area contributed by atoms with E-state index in [2.05, 4.69) is 21.9 Å². The van der Waals surface area contributed by atoms with Crippen molar-refractivity contribution in [3.63, 3.8) is 0 Å². The maximum absolute atomic E-state index is 12.1. The predicted octanol–water partition coefficient (Wildman–Crippen LogP) is 1.68. The molecule has 0 radical (unpaired) electrons. The number of rotatable bonds is 5. The fourth-order valence-electron chi connectivity index (χ4n) is 3.90. The van der Waals surface area contributed by atoms with Crippen LogP contribution in [-0.2, 0) is 11.3 Å². The van der Waals surface area contributed by atoms with E-state index < -0.39 is 0 Å². The van der Waals surface area contributed by atoms with Crippen LogP contribution in [0.5, 0.6) is 5.75 Å². The molecule has 0 unspecified atom stereocenters. The highest BCUT2D eigenvalue weighted by Gasteiger charge is 2.35. The summed E-state index contributed by atoms with van der Waals surface area (Å²) < 4.78 is 5.24. The summed E-state index contributed by atoms with van der Waals surface area (Å²) >= 11 is 0. The molecule has 0 aromatic heterocycles. The first kappa shape index (κ1) is 17.2. The molecule has 3 saturated heterocycles. The van der Waals surface area contributed by atoms with Gasteiger partial charge in [-0.2, -0.15) is 0 Å². The summed E-state index contributed by atoms with van der Waals surface area (Å²) in [6.07, 6.45) is 2.50. The van der Waals surface area contributed by atoms with Crippen LogP contribution in [0.3, 0.4) is 0 Å². The van der Waals surface area contributed by atoms with Gasteiger partial charge in [0.2, 0.25) is 5.91 Å². The number of carbonyl (C=O) groups excluding carboxylic acids is 1. The highest BCUT2D eigenvalue weighted by molar-refractivity contribution is 5.77. The first-order valence-electron chi connectivity index (χ1n) is 8.84. The van der Waals surface area contributed by atoms with Crippen LogP contribution in [0, 0.1) is 5.92 Å². The van der Waals surface area contributed by atoms with Gasteiger partial charge in [0.05, 0.1) is 13.7 Å². The summed E-state index contributed by atoms with van der Waals surface area (Å²) in [5, 5.41) is 0. The van der Waals surface area contributed by atoms with Gasteiger partial charge >= 0.3 is 0 Å². The highest BCUT2D eigenvalue weighted by atomic mass is 16.5. The number of amides is 1. The number of fused-ring (bicyclic) bond motifs is 4. The van der Waals surface area contributed by atoms with E-state index in [9.17, 15) is 4.79 Å². The second-order valence-corrected chi connectivity index (χ2v) is 7.36. The molecule has 132 valence electrons. The Balaban J connectivity index is 1.62. The third-order valence-corrected chi connectivity index (χ3v) is 5.30. The van der Waals surface area contributed by atoms with Crippen LogP contribution in [0.2, 0.25) is 0 Å². The molecule has 2 atom stereocenters. The maximum Gasteiger partial charge on any atom is 0.236 e. The average Bonchev–Trinajstić information content (AvgIpc) is 2.86. The Kier molecular flexibility index (Phi) is 5.41. The van der Waals surface area contributed by atoms with E-state index in [0.717, 1.165) is 31.9 Å². The van der Waals surface area contributed by atoms with Gasteiger partial charge in [0.25, 0.3) is 0 Å². The summed E-state index contributed by atoms with van der Waals surface area (Å²) in [7, 11) is 5.38. The molecule has 3 aliphatic heterocycles. The second-order valence-electron chi connectivity index (χ2n) is 7.36. The Bertz CT molecular complexity index is 558. The number of carbonyl (C=O) groups is 1. The van der Waals surface area contributed by atoms with Gasteiger partial charge in [-0.05, 0) is 36.5 Å². The summed E-state index contributed by atoms with van der Waals surface area (Å²) in [6.45, 7) is 4.79. The molecule has 0 saturated carbocycles. The van der Waals surface area contributed by atoms with E-state index in [1.807, 2.05) is 26.2 Å². The van der Waals surface area contributed by atoms with E-state index in [1.54, 1.807) is 12.0 Å². The normalized spacial score (nSPS) is 24.6. The molecule has 3 heterocycles. The Labute approximate surface area is 145 Å². The highest BCUT2D eigenvalue weighted by Crippen LogP contribution is 2.28. The van der Waals surface area contributed by atoms with Crippen molar-refractivity contribution in [3.05, 3.63) is 29.8 Å². The van der Waals surface area contributed by atoms with Crippen LogP contribution in [-0.4, -0.2) is 74.0 Å². The second kappa shape index (κ2) is 7.53. The van der Waals surface area contributed by atoms with Crippen molar-refractivity contribution in [3.8, 4) is 5.75 Å². The zero-order valence-electron chi connectivity index (χ0n) is 15.1. The molecular weight excluding hydrogens is 302 g/mol.